The van der Waals surface area contributed by atoms with Gasteiger partial charge in [-0.1, -0.05) is 18.2 Å². The van der Waals surface area contributed by atoms with E-state index < -0.39 is 15.8 Å². The van der Waals surface area contributed by atoms with E-state index in [2.05, 4.69) is 6.58 Å². The van der Waals surface area contributed by atoms with Gasteiger partial charge in [0, 0.05) is 24.1 Å². The van der Waals surface area contributed by atoms with Crippen molar-refractivity contribution in [3.63, 3.8) is 0 Å². The highest BCUT2D eigenvalue weighted by Crippen LogP contribution is 2.48. The molecule has 1 aliphatic rings. The zero-order chi connectivity index (χ0) is 18.2. The number of fused-ring (bicyclic) bond motifs is 3. The Balaban J connectivity index is 2.23. The average Bonchev–Trinajstić information content (AvgIpc) is 2.52. The van der Waals surface area contributed by atoms with Crippen LogP contribution in [-0.4, -0.2) is 15.5 Å². The topological polar surface area (TPSA) is 78.6 Å². The van der Waals surface area contributed by atoms with Crippen molar-refractivity contribution in [2.45, 2.75) is 18.3 Å². The maximum atomic E-state index is 13.9. The Labute approximate surface area is 145 Å². The van der Waals surface area contributed by atoms with Crippen LogP contribution in [0.1, 0.15) is 23.7 Å². The summed E-state index contributed by atoms with van der Waals surface area (Å²) < 4.78 is 47.9. The number of halogens is 1. The van der Waals surface area contributed by atoms with Gasteiger partial charge in [-0.25, -0.2) is 17.9 Å². The predicted molar refractivity (Wildman–Crippen MR) is 93.4 cm³/mol. The molecule has 1 atom stereocenters. The summed E-state index contributed by atoms with van der Waals surface area (Å²) in [4.78, 5) is 0. The van der Waals surface area contributed by atoms with Crippen LogP contribution >= 0.6 is 0 Å². The molecule has 1 aliphatic heterocycles. The Kier molecular flexibility index (Phi) is 4.53. The van der Waals surface area contributed by atoms with Crippen LogP contribution in [0.4, 0.5) is 4.39 Å². The number of hydrogen-bond acceptors (Lipinski definition) is 4. The molecular weight excluding hydrogens is 345 g/mol. The lowest BCUT2D eigenvalue weighted by atomic mass is 9.89. The zero-order valence-electron chi connectivity index (χ0n) is 13.7. The Morgan fingerprint density at radius 2 is 2.12 bits per heavy atom. The van der Waals surface area contributed by atoms with E-state index in [1.165, 1.54) is 19.2 Å². The second-order valence-corrected chi connectivity index (χ2v) is 7.46. The highest BCUT2D eigenvalue weighted by molar-refractivity contribution is 7.88. The lowest BCUT2D eigenvalue weighted by Gasteiger charge is -2.29. The van der Waals surface area contributed by atoms with Crippen molar-refractivity contribution in [3.05, 3.63) is 59.9 Å². The molecule has 0 aromatic heterocycles. The van der Waals surface area contributed by atoms with Crippen LogP contribution in [0, 0.1) is 5.82 Å². The van der Waals surface area contributed by atoms with Crippen molar-refractivity contribution >= 4 is 10.0 Å². The minimum absolute atomic E-state index is 0.286. The van der Waals surface area contributed by atoms with E-state index in [0.29, 0.717) is 29.0 Å². The summed E-state index contributed by atoms with van der Waals surface area (Å²) in [6.07, 6.45) is 1.91. The number of hydrogen-bond donors (Lipinski definition) is 1. The number of ether oxygens (including phenoxy) is 2. The number of rotatable bonds is 5. The maximum Gasteiger partial charge on any atom is 0.213 e. The minimum atomic E-state index is -3.67. The van der Waals surface area contributed by atoms with Gasteiger partial charge in [-0.05, 0) is 17.2 Å². The summed E-state index contributed by atoms with van der Waals surface area (Å²) in [5, 5.41) is 5.15. The molecule has 132 valence electrons. The lowest BCUT2D eigenvalue weighted by Crippen LogP contribution is -2.17. The standard InChI is InChI=1S/C18H18FNO4S/c1-3-4-15-13-6-5-11(10-25(20,21)22)7-14(13)18-16(23-2)8-12(19)9-17(18)24-15/h3,5-9,15H,1,4,10H2,2H3,(H2,20,21,22). The van der Waals surface area contributed by atoms with Crippen molar-refractivity contribution in [3.8, 4) is 22.6 Å². The molecular formula is C18H18FNO4S. The van der Waals surface area contributed by atoms with Crippen LogP contribution in [0.5, 0.6) is 11.5 Å². The molecule has 7 heteroatoms. The third-order valence-corrected chi connectivity index (χ3v) is 4.74. The van der Waals surface area contributed by atoms with Gasteiger partial charge in [-0.2, -0.15) is 0 Å². The van der Waals surface area contributed by atoms with Gasteiger partial charge in [0.2, 0.25) is 10.0 Å². The molecule has 0 saturated heterocycles. The predicted octanol–water partition coefficient (Wildman–Crippen LogP) is 3.30. The first-order valence-electron chi connectivity index (χ1n) is 7.61. The van der Waals surface area contributed by atoms with E-state index in [0.717, 1.165) is 11.1 Å². The molecule has 3 rings (SSSR count). The van der Waals surface area contributed by atoms with Gasteiger partial charge >= 0.3 is 0 Å². The van der Waals surface area contributed by atoms with Gasteiger partial charge < -0.3 is 9.47 Å². The van der Waals surface area contributed by atoms with E-state index in [9.17, 15) is 12.8 Å². The molecule has 0 saturated carbocycles. The normalized spacial score (nSPS) is 15.7. The Hall–Kier alpha value is -2.38. The van der Waals surface area contributed by atoms with Crippen molar-refractivity contribution in [2.24, 2.45) is 5.14 Å². The van der Waals surface area contributed by atoms with Crippen LogP contribution in [0.25, 0.3) is 11.1 Å². The summed E-state index contributed by atoms with van der Waals surface area (Å²) in [6.45, 7) is 3.73. The first-order valence-corrected chi connectivity index (χ1v) is 9.32. The molecule has 1 unspecified atom stereocenters. The number of methoxy groups -OCH3 is 1. The Morgan fingerprint density at radius 3 is 2.76 bits per heavy atom. The molecule has 0 spiro atoms. The fraction of sp³-hybridized carbons (Fsp3) is 0.222. The molecule has 25 heavy (non-hydrogen) atoms. The number of sulfonamides is 1. The summed E-state index contributed by atoms with van der Waals surface area (Å²) in [5.74, 6) is -0.0892. The fourth-order valence-corrected chi connectivity index (χ4v) is 3.69. The molecule has 2 aromatic carbocycles. The van der Waals surface area contributed by atoms with E-state index >= 15 is 0 Å². The number of nitrogens with two attached hydrogens (primary N) is 1. The first-order chi connectivity index (χ1) is 11.8. The van der Waals surface area contributed by atoms with Crippen molar-refractivity contribution in [1.29, 1.82) is 0 Å². The van der Waals surface area contributed by atoms with E-state index in [4.69, 9.17) is 14.6 Å². The van der Waals surface area contributed by atoms with Gasteiger partial charge in [-0.3, -0.25) is 0 Å². The molecule has 5 nitrogen and oxygen atoms in total. The van der Waals surface area contributed by atoms with Crippen molar-refractivity contribution < 1.29 is 22.3 Å². The second-order valence-electron chi connectivity index (χ2n) is 5.84. The van der Waals surface area contributed by atoms with Crippen molar-refractivity contribution in [1.82, 2.24) is 0 Å². The van der Waals surface area contributed by atoms with Gasteiger partial charge in [-0.15, -0.1) is 6.58 Å². The average molecular weight is 363 g/mol. The van der Waals surface area contributed by atoms with Crippen LogP contribution < -0.4 is 14.6 Å². The molecule has 2 aromatic rings. The maximum absolute atomic E-state index is 13.9. The first kappa shape index (κ1) is 17.4. The van der Waals surface area contributed by atoms with Crippen LogP contribution in [-0.2, 0) is 15.8 Å². The molecule has 0 fully saturated rings. The van der Waals surface area contributed by atoms with Crippen LogP contribution in [0.2, 0.25) is 0 Å². The summed E-state index contributed by atoms with van der Waals surface area (Å²) in [6, 6.07) is 7.80. The molecule has 0 aliphatic carbocycles. The number of benzene rings is 2. The van der Waals surface area contributed by atoms with E-state index in [1.807, 2.05) is 0 Å². The third-order valence-electron chi connectivity index (χ3n) is 4.00. The molecule has 1 heterocycles. The Morgan fingerprint density at radius 1 is 1.36 bits per heavy atom. The SMILES string of the molecule is C=CCC1Oc2cc(F)cc(OC)c2-c2cc(CS(N)(=O)=O)ccc21. The highest BCUT2D eigenvalue weighted by atomic mass is 32.2. The van der Waals surface area contributed by atoms with Crippen molar-refractivity contribution in [2.75, 3.05) is 7.11 Å². The van der Waals surface area contributed by atoms with E-state index in [1.54, 1.807) is 24.3 Å². The van der Waals surface area contributed by atoms with E-state index in [-0.39, 0.29) is 11.9 Å². The summed E-state index contributed by atoms with van der Waals surface area (Å²) in [7, 11) is -2.22. The van der Waals surface area contributed by atoms with Gasteiger partial charge in [0.05, 0.1) is 18.4 Å². The molecule has 0 bridgehead atoms. The second kappa shape index (κ2) is 6.50. The largest absolute Gasteiger partial charge is 0.496 e. The number of primary sulfonamides is 1. The zero-order valence-corrected chi connectivity index (χ0v) is 14.5. The summed E-state index contributed by atoms with van der Waals surface area (Å²) in [5.41, 5.74) is 2.73. The lowest BCUT2D eigenvalue weighted by molar-refractivity contribution is 0.204. The molecule has 2 N–H and O–H groups in total. The third kappa shape index (κ3) is 3.52. The van der Waals surface area contributed by atoms with Gasteiger partial charge in [0.25, 0.3) is 0 Å². The monoisotopic (exact) mass is 363 g/mol. The summed E-state index contributed by atoms with van der Waals surface area (Å²) >= 11 is 0. The van der Waals surface area contributed by atoms with Gasteiger partial charge in [0.15, 0.2) is 0 Å². The molecule has 0 radical (unpaired) electrons. The smallest absolute Gasteiger partial charge is 0.213 e. The van der Waals surface area contributed by atoms with Gasteiger partial charge in [0.1, 0.15) is 23.4 Å². The van der Waals surface area contributed by atoms with Crippen LogP contribution in [0.3, 0.4) is 0 Å². The molecule has 0 amide bonds. The highest BCUT2D eigenvalue weighted by Gasteiger charge is 2.29. The minimum Gasteiger partial charge on any atom is -0.496 e. The quantitative estimate of drug-likeness (QED) is 0.827. The fourth-order valence-electron chi connectivity index (χ4n) is 3.04. The van der Waals surface area contributed by atoms with Crippen LogP contribution in [0.15, 0.2) is 43.0 Å². The Bertz CT molecular complexity index is 940.